The molecule has 20 heavy (non-hydrogen) atoms. The van der Waals surface area contributed by atoms with E-state index in [4.69, 9.17) is 0 Å². The number of hydrogen-bond donors (Lipinski definition) is 2. The van der Waals surface area contributed by atoms with Gasteiger partial charge in [-0.3, -0.25) is 4.99 Å². The van der Waals surface area contributed by atoms with Crippen molar-refractivity contribution in [2.75, 3.05) is 31.6 Å². The molecule has 0 amide bonds. The van der Waals surface area contributed by atoms with Crippen molar-refractivity contribution in [3.05, 3.63) is 35.9 Å². The molecule has 1 rings (SSSR count). The molecule has 0 spiro atoms. The molecule has 0 aliphatic carbocycles. The van der Waals surface area contributed by atoms with Crippen molar-refractivity contribution < 1.29 is 0 Å². The van der Waals surface area contributed by atoms with Crippen LogP contribution in [-0.2, 0) is 0 Å². The Bertz CT molecular complexity index is 379. The summed E-state index contributed by atoms with van der Waals surface area (Å²) in [6.45, 7) is 7.00. The lowest BCUT2D eigenvalue weighted by atomic mass is 10.0. The van der Waals surface area contributed by atoms with Gasteiger partial charge in [-0.1, -0.05) is 37.3 Å². The van der Waals surface area contributed by atoms with Crippen molar-refractivity contribution >= 4 is 17.7 Å². The standard InChI is InChI=1S/C16H27N3S/c1-4-17-16(18-11-8-12-20-3)19-13-14(2)15-9-6-5-7-10-15/h5-7,9-10,14H,4,8,11-13H2,1-3H3,(H2,17,18,19). The van der Waals surface area contributed by atoms with Crippen molar-refractivity contribution in [1.82, 2.24) is 10.6 Å². The summed E-state index contributed by atoms with van der Waals surface area (Å²) >= 11 is 1.88. The van der Waals surface area contributed by atoms with Crippen LogP contribution in [0.15, 0.2) is 35.3 Å². The number of nitrogens with one attached hydrogen (secondary N) is 2. The van der Waals surface area contributed by atoms with Crippen molar-refractivity contribution in [3.63, 3.8) is 0 Å². The SMILES string of the molecule is CCNC(=NCC(C)c1ccccc1)NCCCSC. The van der Waals surface area contributed by atoms with Gasteiger partial charge < -0.3 is 10.6 Å². The first-order valence-electron chi connectivity index (χ1n) is 7.34. The summed E-state index contributed by atoms with van der Waals surface area (Å²) < 4.78 is 0. The van der Waals surface area contributed by atoms with Crippen LogP contribution in [-0.4, -0.2) is 37.6 Å². The fourth-order valence-electron chi connectivity index (χ4n) is 1.88. The van der Waals surface area contributed by atoms with E-state index in [2.05, 4.69) is 66.1 Å². The Labute approximate surface area is 127 Å². The van der Waals surface area contributed by atoms with E-state index in [9.17, 15) is 0 Å². The normalized spacial score (nSPS) is 13.1. The predicted molar refractivity (Wildman–Crippen MR) is 91.8 cm³/mol. The van der Waals surface area contributed by atoms with Gasteiger partial charge in [0.15, 0.2) is 5.96 Å². The van der Waals surface area contributed by atoms with Gasteiger partial charge in [-0.25, -0.2) is 0 Å². The number of rotatable bonds is 8. The molecule has 1 aromatic carbocycles. The molecule has 0 saturated carbocycles. The first kappa shape index (κ1) is 16.9. The Balaban J connectivity index is 2.45. The molecule has 0 saturated heterocycles. The number of nitrogens with zero attached hydrogens (tertiary/aromatic N) is 1. The van der Waals surface area contributed by atoms with Crippen LogP contribution in [0.25, 0.3) is 0 Å². The molecule has 0 bridgehead atoms. The van der Waals surface area contributed by atoms with E-state index >= 15 is 0 Å². The number of thioether (sulfide) groups is 1. The Morgan fingerprint density at radius 1 is 1.25 bits per heavy atom. The van der Waals surface area contributed by atoms with Crippen LogP contribution in [0, 0.1) is 0 Å². The summed E-state index contributed by atoms with van der Waals surface area (Å²) in [6.07, 6.45) is 3.31. The smallest absolute Gasteiger partial charge is 0.191 e. The quantitative estimate of drug-likeness (QED) is 0.439. The Kier molecular flexibility index (Phi) is 8.96. The zero-order valence-electron chi connectivity index (χ0n) is 12.9. The first-order valence-corrected chi connectivity index (χ1v) is 8.73. The summed E-state index contributed by atoms with van der Waals surface area (Å²) in [5, 5.41) is 6.69. The van der Waals surface area contributed by atoms with E-state index < -0.39 is 0 Å². The molecule has 3 nitrogen and oxygen atoms in total. The van der Waals surface area contributed by atoms with Crippen LogP contribution < -0.4 is 10.6 Å². The molecule has 0 aliphatic rings. The van der Waals surface area contributed by atoms with Gasteiger partial charge in [0.25, 0.3) is 0 Å². The van der Waals surface area contributed by atoms with Crippen LogP contribution in [0.5, 0.6) is 0 Å². The van der Waals surface area contributed by atoms with Crippen molar-refractivity contribution in [2.24, 2.45) is 4.99 Å². The second-order valence-electron chi connectivity index (χ2n) is 4.80. The van der Waals surface area contributed by atoms with Crippen molar-refractivity contribution in [1.29, 1.82) is 0 Å². The Morgan fingerprint density at radius 2 is 2.00 bits per heavy atom. The third-order valence-electron chi connectivity index (χ3n) is 3.05. The number of benzene rings is 1. The molecule has 4 heteroatoms. The summed E-state index contributed by atoms with van der Waals surface area (Å²) in [6, 6.07) is 10.6. The van der Waals surface area contributed by atoms with Crippen LogP contribution in [0.1, 0.15) is 31.7 Å². The first-order chi connectivity index (χ1) is 9.77. The molecule has 0 radical (unpaired) electrons. The molecule has 0 fully saturated rings. The lowest BCUT2D eigenvalue weighted by molar-refractivity contribution is 0.743. The average Bonchev–Trinajstić information content (AvgIpc) is 2.49. The van der Waals surface area contributed by atoms with Crippen LogP contribution in [0.4, 0.5) is 0 Å². The second-order valence-corrected chi connectivity index (χ2v) is 5.79. The van der Waals surface area contributed by atoms with Crippen LogP contribution in [0.2, 0.25) is 0 Å². The minimum Gasteiger partial charge on any atom is -0.357 e. The van der Waals surface area contributed by atoms with Gasteiger partial charge in [-0.15, -0.1) is 0 Å². The summed E-state index contributed by atoms with van der Waals surface area (Å²) in [5.41, 5.74) is 1.34. The van der Waals surface area contributed by atoms with E-state index in [0.29, 0.717) is 5.92 Å². The summed E-state index contributed by atoms with van der Waals surface area (Å²) in [4.78, 5) is 4.68. The number of guanidine groups is 1. The zero-order chi connectivity index (χ0) is 14.6. The third kappa shape index (κ3) is 6.85. The molecular formula is C16H27N3S. The van der Waals surface area contributed by atoms with Gasteiger partial charge in [-0.2, -0.15) is 11.8 Å². The largest absolute Gasteiger partial charge is 0.357 e. The Hall–Kier alpha value is -1.16. The Morgan fingerprint density at radius 3 is 2.65 bits per heavy atom. The van der Waals surface area contributed by atoms with Crippen LogP contribution in [0.3, 0.4) is 0 Å². The number of hydrogen-bond acceptors (Lipinski definition) is 2. The van der Waals surface area contributed by atoms with Gasteiger partial charge >= 0.3 is 0 Å². The van der Waals surface area contributed by atoms with Gasteiger partial charge in [0, 0.05) is 25.6 Å². The minimum atomic E-state index is 0.442. The molecule has 0 aliphatic heterocycles. The monoisotopic (exact) mass is 293 g/mol. The van der Waals surface area contributed by atoms with E-state index in [-0.39, 0.29) is 0 Å². The number of aliphatic imine (C=N–C) groups is 1. The van der Waals surface area contributed by atoms with Gasteiger partial charge in [0.2, 0.25) is 0 Å². The second kappa shape index (κ2) is 10.6. The predicted octanol–water partition coefficient (Wildman–Crippen LogP) is 3.10. The van der Waals surface area contributed by atoms with Gasteiger partial charge in [0.05, 0.1) is 0 Å². The lowest BCUT2D eigenvalue weighted by Gasteiger charge is -2.13. The molecule has 0 heterocycles. The maximum Gasteiger partial charge on any atom is 0.191 e. The van der Waals surface area contributed by atoms with Gasteiger partial charge in [0.1, 0.15) is 0 Å². The topological polar surface area (TPSA) is 36.4 Å². The fourth-order valence-corrected chi connectivity index (χ4v) is 2.31. The summed E-state index contributed by atoms with van der Waals surface area (Å²) in [5.74, 6) is 2.56. The van der Waals surface area contributed by atoms with Crippen molar-refractivity contribution in [3.8, 4) is 0 Å². The summed E-state index contributed by atoms with van der Waals surface area (Å²) in [7, 11) is 0. The molecule has 2 N–H and O–H groups in total. The van der Waals surface area contributed by atoms with Gasteiger partial charge in [-0.05, 0) is 30.9 Å². The molecule has 0 aromatic heterocycles. The highest BCUT2D eigenvalue weighted by atomic mass is 32.2. The van der Waals surface area contributed by atoms with E-state index in [1.807, 2.05) is 11.8 Å². The highest BCUT2D eigenvalue weighted by Gasteiger charge is 2.04. The third-order valence-corrected chi connectivity index (χ3v) is 3.75. The molecular weight excluding hydrogens is 266 g/mol. The van der Waals surface area contributed by atoms with Crippen molar-refractivity contribution in [2.45, 2.75) is 26.2 Å². The van der Waals surface area contributed by atoms with E-state index in [1.165, 1.54) is 17.7 Å². The van der Waals surface area contributed by atoms with Crippen LogP contribution >= 0.6 is 11.8 Å². The fraction of sp³-hybridized carbons (Fsp3) is 0.562. The maximum atomic E-state index is 4.68. The highest BCUT2D eigenvalue weighted by Crippen LogP contribution is 2.14. The molecule has 112 valence electrons. The zero-order valence-corrected chi connectivity index (χ0v) is 13.7. The maximum absolute atomic E-state index is 4.68. The van der Waals surface area contributed by atoms with E-state index in [1.54, 1.807) is 0 Å². The molecule has 1 unspecified atom stereocenters. The average molecular weight is 293 g/mol. The minimum absolute atomic E-state index is 0.442. The highest BCUT2D eigenvalue weighted by molar-refractivity contribution is 7.98. The lowest BCUT2D eigenvalue weighted by Crippen LogP contribution is -2.38. The van der Waals surface area contributed by atoms with E-state index in [0.717, 1.165) is 25.6 Å². The molecule has 1 aromatic rings. The molecule has 1 atom stereocenters.